The van der Waals surface area contributed by atoms with Crippen molar-refractivity contribution < 1.29 is 33.1 Å². The first-order valence-electron chi connectivity index (χ1n) is 16.7. The number of ether oxygens (including phenoxy) is 2. The third-order valence-corrected chi connectivity index (χ3v) is 12.4. The molecule has 46 heavy (non-hydrogen) atoms. The number of hydrogen-bond acceptors (Lipinski definition) is 8. The Bertz CT molecular complexity index is 1420. The second-order valence-corrected chi connectivity index (χ2v) is 17.2. The zero-order valence-electron chi connectivity index (χ0n) is 27.5. The number of aliphatic hydroxyl groups is 1. The van der Waals surface area contributed by atoms with E-state index in [9.17, 15) is 19.5 Å². The van der Waals surface area contributed by atoms with Crippen LogP contribution in [0.1, 0.15) is 76.0 Å². The normalized spacial score (nSPS) is 25.2. The number of aromatic nitrogens is 3. The van der Waals surface area contributed by atoms with Crippen molar-refractivity contribution in [1.29, 1.82) is 0 Å². The van der Waals surface area contributed by atoms with E-state index in [1.165, 1.54) is 7.11 Å². The minimum absolute atomic E-state index is 0.0279. The second kappa shape index (κ2) is 14.3. The van der Waals surface area contributed by atoms with Crippen molar-refractivity contribution in [2.45, 2.75) is 108 Å². The number of esters is 1. The quantitative estimate of drug-likeness (QED) is 0.151. The molecule has 2 amide bonds. The lowest BCUT2D eigenvalue weighted by atomic mass is 9.82. The number of rotatable bonds is 12. The molecule has 1 aromatic heterocycles. The molecule has 5 rings (SSSR count). The van der Waals surface area contributed by atoms with Crippen molar-refractivity contribution in [3.05, 3.63) is 35.7 Å². The van der Waals surface area contributed by atoms with E-state index >= 15 is 4.11 Å². The van der Waals surface area contributed by atoms with Gasteiger partial charge in [0.1, 0.15) is 0 Å². The van der Waals surface area contributed by atoms with Crippen LogP contribution in [0.3, 0.4) is 0 Å². The minimum atomic E-state index is -3.37. The predicted octanol–water partition coefficient (Wildman–Crippen LogP) is 4.67. The number of carbonyl (C=O) groups excluding carboxylic acids is 3. The van der Waals surface area contributed by atoms with Crippen LogP contribution in [0.5, 0.6) is 0 Å². The Kier molecular flexibility index (Phi) is 10.6. The molecule has 1 N–H and O–H groups in total. The van der Waals surface area contributed by atoms with Crippen LogP contribution in [0.2, 0.25) is 18.6 Å². The highest BCUT2D eigenvalue weighted by molar-refractivity contribution is 6.72. The molecule has 4 heterocycles. The molecule has 2 aromatic rings. The van der Waals surface area contributed by atoms with Crippen molar-refractivity contribution >= 4 is 37.6 Å². The Morgan fingerprint density at radius 2 is 1.96 bits per heavy atom. The van der Waals surface area contributed by atoms with Gasteiger partial charge in [-0.3, -0.25) is 19.1 Å². The first-order chi connectivity index (χ1) is 22.0. The summed E-state index contributed by atoms with van der Waals surface area (Å²) in [4.78, 5) is 43.2. The number of nitrogens with zero attached hydrogens (tertiary/aromatic N) is 5. The van der Waals surface area contributed by atoms with Crippen LogP contribution in [-0.2, 0) is 42.4 Å². The third-order valence-electron chi connectivity index (χ3n) is 9.92. The second-order valence-electron chi connectivity index (χ2n) is 13.4. The number of halogens is 1. The van der Waals surface area contributed by atoms with E-state index in [2.05, 4.69) is 10.3 Å². The average Bonchev–Trinajstić information content (AvgIpc) is 3.65. The van der Waals surface area contributed by atoms with Crippen LogP contribution < -0.4 is 9.80 Å². The summed E-state index contributed by atoms with van der Waals surface area (Å²) < 4.78 is 29.7. The van der Waals surface area contributed by atoms with Crippen molar-refractivity contribution in [3.8, 4) is 0 Å². The number of anilines is 2. The summed E-state index contributed by atoms with van der Waals surface area (Å²) in [5, 5.41) is 17.5. The summed E-state index contributed by atoms with van der Waals surface area (Å²) in [7, 11) is -2.01. The number of benzene rings is 1. The number of unbranched alkanes of at least 4 members (excludes halogenated alkanes) is 1. The zero-order chi connectivity index (χ0) is 33.1. The van der Waals surface area contributed by atoms with Crippen LogP contribution in [0.15, 0.2) is 24.4 Å². The maximum atomic E-state index is 16.3. The smallest absolute Gasteiger partial charge is 0.305 e. The van der Waals surface area contributed by atoms with Crippen molar-refractivity contribution in [1.82, 2.24) is 15.0 Å². The summed E-state index contributed by atoms with van der Waals surface area (Å²) in [6.07, 6.45) is 7.80. The highest BCUT2D eigenvalue weighted by Gasteiger charge is 2.66. The summed E-state index contributed by atoms with van der Waals surface area (Å²) in [5.74, 6) is -0.911. The molecular weight excluding hydrogens is 609 g/mol. The molecule has 1 spiro atoms. The van der Waals surface area contributed by atoms with Gasteiger partial charge in [-0.05, 0) is 63.4 Å². The van der Waals surface area contributed by atoms with Gasteiger partial charge in [0.25, 0.3) is 5.91 Å². The van der Waals surface area contributed by atoms with Gasteiger partial charge in [0, 0.05) is 74.4 Å². The van der Waals surface area contributed by atoms with Gasteiger partial charge in [-0.25, -0.2) is 0 Å². The molecule has 0 aliphatic carbocycles. The molecule has 0 unspecified atom stereocenters. The number of hydrogen-bond donors (Lipinski definition) is 1. The standard InChI is InChI=1S/C33H48FN5O6Si/c1-23-31(46(3,4)34)28(15-19-37-22-24(16-20-40)35-36-37)45-33(23)26-21-25(38-17-9-6-5-7-11-29(38)41)13-14-27(26)39(32(33)43)18-10-8-12-30(42)44-2/h13-14,21-23,28,31,40H,5-12,15-20H2,1-4H3/t23-,28+,31-,33+/m1/s1. The summed E-state index contributed by atoms with van der Waals surface area (Å²) in [6, 6.07) is 5.74. The molecule has 3 aliphatic rings. The molecule has 0 radical (unpaired) electrons. The van der Waals surface area contributed by atoms with E-state index < -0.39 is 31.6 Å². The van der Waals surface area contributed by atoms with Gasteiger partial charge < -0.3 is 28.5 Å². The molecule has 252 valence electrons. The molecule has 2 saturated heterocycles. The lowest BCUT2D eigenvalue weighted by Crippen LogP contribution is -2.45. The van der Waals surface area contributed by atoms with E-state index in [-0.39, 0.29) is 30.8 Å². The van der Waals surface area contributed by atoms with Crippen LogP contribution in [-0.4, -0.2) is 79.2 Å². The van der Waals surface area contributed by atoms with E-state index in [0.29, 0.717) is 68.7 Å². The van der Waals surface area contributed by atoms with E-state index in [1.54, 1.807) is 28.9 Å². The Balaban J connectivity index is 1.51. The third kappa shape index (κ3) is 6.77. The Labute approximate surface area is 271 Å². The lowest BCUT2D eigenvalue weighted by molar-refractivity contribution is -0.146. The van der Waals surface area contributed by atoms with Gasteiger partial charge in [-0.2, -0.15) is 0 Å². The first kappa shape index (κ1) is 34.2. The van der Waals surface area contributed by atoms with Gasteiger partial charge in [0.05, 0.1) is 24.6 Å². The average molecular weight is 658 g/mol. The molecule has 0 saturated carbocycles. The summed E-state index contributed by atoms with van der Waals surface area (Å²) >= 11 is 0. The topological polar surface area (TPSA) is 127 Å². The molecule has 11 nitrogen and oxygen atoms in total. The molecule has 2 fully saturated rings. The molecule has 4 atom stereocenters. The molecule has 3 aliphatic heterocycles. The highest BCUT2D eigenvalue weighted by atomic mass is 28.4. The largest absolute Gasteiger partial charge is 0.469 e. The number of fused-ring (bicyclic) bond motifs is 2. The number of aryl methyl sites for hydroxylation is 1. The SMILES string of the molecule is COC(=O)CCCCN1C(=O)[C@@]2(O[C@@H](CCn3cc(CCO)nn3)[C@H]([Si](C)(C)F)[C@H]2C)c2cc(N3CCCCCCC3=O)ccc21. The first-order valence-corrected chi connectivity index (χ1v) is 19.7. The van der Waals surface area contributed by atoms with Gasteiger partial charge in [-0.15, -0.1) is 5.10 Å². The highest BCUT2D eigenvalue weighted by Crippen LogP contribution is 2.60. The fourth-order valence-electron chi connectivity index (χ4n) is 7.71. The zero-order valence-corrected chi connectivity index (χ0v) is 28.5. The van der Waals surface area contributed by atoms with Crippen LogP contribution >= 0.6 is 0 Å². The number of carbonyl (C=O) groups is 3. The number of amides is 2. The Morgan fingerprint density at radius 3 is 2.70 bits per heavy atom. The van der Waals surface area contributed by atoms with Gasteiger partial charge in [-0.1, -0.05) is 25.0 Å². The van der Waals surface area contributed by atoms with Crippen LogP contribution in [0.25, 0.3) is 0 Å². The molecular formula is C33H48FN5O6Si. The van der Waals surface area contributed by atoms with Crippen molar-refractivity contribution in [3.63, 3.8) is 0 Å². The van der Waals surface area contributed by atoms with Crippen LogP contribution in [0.4, 0.5) is 15.5 Å². The fraction of sp³-hybridized carbons (Fsp3) is 0.667. The van der Waals surface area contributed by atoms with Gasteiger partial charge >= 0.3 is 5.97 Å². The predicted molar refractivity (Wildman–Crippen MR) is 174 cm³/mol. The van der Waals surface area contributed by atoms with Gasteiger partial charge in [0.15, 0.2) is 5.60 Å². The molecule has 1 aromatic carbocycles. The maximum absolute atomic E-state index is 16.3. The Morgan fingerprint density at radius 1 is 1.17 bits per heavy atom. The Hall–Kier alpha value is -3.16. The molecule has 13 heteroatoms. The van der Waals surface area contributed by atoms with Crippen molar-refractivity contribution in [2.24, 2.45) is 5.92 Å². The number of aliphatic hydroxyl groups excluding tert-OH is 1. The maximum Gasteiger partial charge on any atom is 0.305 e. The lowest BCUT2D eigenvalue weighted by Gasteiger charge is -2.32. The number of methoxy groups -OCH3 is 1. The van der Waals surface area contributed by atoms with Crippen LogP contribution in [0, 0.1) is 5.92 Å². The van der Waals surface area contributed by atoms with Crippen molar-refractivity contribution in [2.75, 3.05) is 36.6 Å². The monoisotopic (exact) mass is 657 g/mol. The van der Waals surface area contributed by atoms with E-state index in [1.807, 2.05) is 30.0 Å². The van der Waals surface area contributed by atoms with E-state index in [4.69, 9.17) is 9.47 Å². The minimum Gasteiger partial charge on any atom is -0.469 e. The van der Waals surface area contributed by atoms with E-state index in [0.717, 1.165) is 31.4 Å². The molecule has 0 bridgehead atoms. The van der Waals surface area contributed by atoms with Gasteiger partial charge in [0.2, 0.25) is 14.3 Å². The summed E-state index contributed by atoms with van der Waals surface area (Å²) in [6.45, 7) is 6.67. The fourth-order valence-corrected chi connectivity index (χ4v) is 10.2. The summed E-state index contributed by atoms with van der Waals surface area (Å²) in [5.41, 5.74) is 0.913.